The first-order chi connectivity index (χ1) is 17.8. The minimum Gasteiger partial charge on any atom is -0.465 e. The third-order valence-corrected chi connectivity index (χ3v) is 4.91. The van der Waals surface area contributed by atoms with Crippen LogP contribution in [0.25, 0.3) is 0 Å². The molecule has 0 unspecified atom stereocenters. The van der Waals surface area contributed by atoms with Crippen molar-refractivity contribution in [2.75, 3.05) is 13.2 Å². The molecule has 0 heterocycles. The van der Waals surface area contributed by atoms with Crippen molar-refractivity contribution >= 4 is 23.9 Å². The van der Waals surface area contributed by atoms with Crippen molar-refractivity contribution in [3.05, 3.63) is 0 Å². The van der Waals surface area contributed by atoms with Crippen LogP contribution in [0.1, 0.15) is 132 Å². The Balaban J connectivity index is 0. The molecule has 0 fully saturated rings. The van der Waals surface area contributed by atoms with Crippen LogP contribution in [0.5, 0.6) is 0 Å². The predicted molar refractivity (Wildman–Crippen MR) is 149 cm³/mol. The normalized spacial score (nSPS) is 10.8. The fourth-order valence-electron chi connectivity index (χ4n) is 3.09. The van der Waals surface area contributed by atoms with Gasteiger partial charge in [0.15, 0.2) is 0 Å². The highest BCUT2D eigenvalue weighted by Gasteiger charge is 2.08. The Labute approximate surface area is 231 Å². The van der Waals surface area contributed by atoms with Crippen LogP contribution in [0, 0.1) is 11.8 Å². The molecule has 0 aromatic heterocycles. The SMILES string of the molecule is CC(C)COC(=O)CCCCC(=O)OCC(C)C.CC(C)OC(=O)CCCCCCCCC(=O)OC(C)C. The topological polar surface area (TPSA) is 105 Å². The second-order valence-corrected chi connectivity index (χ2v) is 11.1. The molecule has 8 nitrogen and oxygen atoms in total. The van der Waals surface area contributed by atoms with Gasteiger partial charge in [0.05, 0.1) is 25.4 Å². The van der Waals surface area contributed by atoms with Crippen molar-refractivity contribution in [2.24, 2.45) is 11.8 Å². The van der Waals surface area contributed by atoms with Crippen molar-refractivity contribution in [3.8, 4) is 0 Å². The van der Waals surface area contributed by atoms with E-state index in [1.54, 1.807) is 0 Å². The number of esters is 4. The zero-order chi connectivity index (χ0) is 29.3. The van der Waals surface area contributed by atoms with Gasteiger partial charge in [-0.3, -0.25) is 19.2 Å². The van der Waals surface area contributed by atoms with E-state index < -0.39 is 0 Å². The lowest BCUT2D eigenvalue weighted by molar-refractivity contribution is -0.148. The summed E-state index contributed by atoms with van der Waals surface area (Å²) < 4.78 is 20.2. The van der Waals surface area contributed by atoms with Gasteiger partial charge in [-0.25, -0.2) is 0 Å². The summed E-state index contributed by atoms with van der Waals surface area (Å²) in [6.45, 7) is 16.4. The molecule has 0 aliphatic carbocycles. The average Bonchev–Trinajstić information content (AvgIpc) is 2.80. The van der Waals surface area contributed by atoms with Crippen molar-refractivity contribution in [2.45, 2.75) is 145 Å². The second-order valence-electron chi connectivity index (χ2n) is 11.1. The number of unbranched alkanes of at least 4 members (excludes halogenated alkanes) is 6. The van der Waals surface area contributed by atoms with Gasteiger partial charge in [-0.05, 0) is 65.2 Å². The van der Waals surface area contributed by atoms with Crippen LogP contribution in [-0.4, -0.2) is 49.3 Å². The van der Waals surface area contributed by atoms with E-state index in [0.717, 1.165) is 38.5 Å². The molecule has 0 bridgehead atoms. The van der Waals surface area contributed by atoms with Crippen LogP contribution in [0.15, 0.2) is 0 Å². The molecule has 0 amide bonds. The quantitative estimate of drug-likeness (QED) is 0.0920. The molecule has 38 heavy (non-hydrogen) atoms. The lowest BCUT2D eigenvalue weighted by Crippen LogP contribution is -2.11. The lowest BCUT2D eigenvalue weighted by atomic mass is 10.1. The Kier molecular flexibility index (Phi) is 25.2. The van der Waals surface area contributed by atoms with Gasteiger partial charge in [0.1, 0.15) is 0 Å². The zero-order valence-corrected chi connectivity index (χ0v) is 25.5. The van der Waals surface area contributed by atoms with E-state index in [2.05, 4.69) is 0 Å². The molecule has 0 atom stereocenters. The van der Waals surface area contributed by atoms with Crippen LogP contribution in [0.4, 0.5) is 0 Å². The molecular weight excluding hydrogens is 488 g/mol. The summed E-state index contributed by atoms with van der Waals surface area (Å²) in [5.74, 6) is 0.159. The maximum Gasteiger partial charge on any atom is 0.306 e. The number of rotatable bonds is 20. The third kappa shape index (κ3) is 31.9. The number of carbonyl (C=O) groups is 4. The van der Waals surface area contributed by atoms with E-state index >= 15 is 0 Å². The maximum atomic E-state index is 11.3. The van der Waals surface area contributed by atoms with Crippen LogP contribution in [0.3, 0.4) is 0 Å². The Bertz CT molecular complexity index is 572. The molecule has 0 aromatic carbocycles. The zero-order valence-electron chi connectivity index (χ0n) is 25.5. The molecule has 0 aliphatic heterocycles. The first kappa shape index (κ1) is 38.0. The highest BCUT2D eigenvalue weighted by Crippen LogP contribution is 2.10. The van der Waals surface area contributed by atoms with Gasteiger partial charge < -0.3 is 18.9 Å². The van der Waals surface area contributed by atoms with Gasteiger partial charge in [-0.15, -0.1) is 0 Å². The molecule has 0 aliphatic rings. The Morgan fingerprint density at radius 3 is 0.974 bits per heavy atom. The van der Waals surface area contributed by atoms with E-state index in [0.29, 0.717) is 63.6 Å². The molecular formula is C30H56O8. The Morgan fingerprint density at radius 1 is 0.421 bits per heavy atom. The van der Waals surface area contributed by atoms with E-state index in [-0.39, 0.29) is 36.1 Å². The highest BCUT2D eigenvalue weighted by atomic mass is 16.5. The summed E-state index contributed by atoms with van der Waals surface area (Å²) in [5, 5.41) is 0. The van der Waals surface area contributed by atoms with Crippen molar-refractivity contribution in [3.63, 3.8) is 0 Å². The summed E-state index contributed by atoms with van der Waals surface area (Å²) >= 11 is 0. The van der Waals surface area contributed by atoms with Crippen LogP contribution in [-0.2, 0) is 38.1 Å². The highest BCUT2D eigenvalue weighted by molar-refractivity contribution is 5.71. The number of hydrogen-bond acceptors (Lipinski definition) is 8. The molecule has 8 heteroatoms. The number of ether oxygens (including phenoxy) is 4. The second kappa shape index (κ2) is 25.2. The van der Waals surface area contributed by atoms with E-state index in [4.69, 9.17) is 18.9 Å². The van der Waals surface area contributed by atoms with Crippen molar-refractivity contribution in [1.29, 1.82) is 0 Å². The molecule has 0 saturated carbocycles. The van der Waals surface area contributed by atoms with Crippen LogP contribution in [0.2, 0.25) is 0 Å². The third-order valence-electron chi connectivity index (χ3n) is 4.91. The van der Waals surface area contributed by atoms with Crippen molar-refractivity contribution in [1.82, 2.24) is 0 Å². The summed E-state index contributed by atoms with van der Waals surface area (Å²) in [6, 6.07) is 0. The Hall–Kier alpha value is -2.12. The lowest BCUT2D eigenvalue weighted by Gasteiger charge is -2.08. The van der Waals surface area contributed by atoms with Gasteiger partial charge in [0, 0.05) is 25.7 Å². The van der Waals surface area contributed by atoms with E-state index in [9.17, 15) is 19.2 Å². The molecule has 0 rings (SSSR count). The summed E-state index contributed by atoms with van der Waals surface area (Å²) in [7, 11) is 0. The minimum absolute atomic E-state index is 0.0203. The minimum atomic E-state index is -0.181. The van der Waals surface area contributed by atoms with Gasteiger partial charge in [-0.1, -0.05) is 53.4 Å². The summed E-state index contributed by atoms with van der Waals surface area (Å²) in [6.07, 6.45) is 9.17. The molecule has 0 saturated heterocycles. The van der Waals surface area contributed by atoms with Gasteiger partial charge in [-0.2, -0.15) is 0 Å². The summed E-state index contributed by atoms with van der Waals surface area (Å²) in [4.78, 5) is 45.1. The average molecular weight is 545 g/mol. The van der Waals surface area contributed by atoms with Gasteiger partial charge >= 0.3 is 23.9 Å². The molecule has 224 valence electrons. The van der Waals surface area contributed by atoms with Crippen LogP contribution >= 0.6 is 0 Å². The van der Waals surface area contributed by atoms with Crippen LogP contribution < -0.4 is 0 Å². The Morgan fingerprint density at radius 2 is 0.684 bits per heavy atom. The number of carbonyl (C=O) groups excluding carboxylic acids is 4. The standard InChI is InChI=1S/C16H30O4.C14H26O4/c1-13(2)19-15(17)11-9-7-5-6-8-10-12-16(18)20-14(3)4;1-11(2)9-17-13(15)7-5-6-8-14(16)18-10-12(3)4/h13-14H,5-12H2,1-4H3;11-12H,5-10H2,1-4H3. The van der Waals surface area contributed by atoms with Gasteiger partial charge in [0.2, 0.25) is 0 Å². The van der Waals surface area contributed by atoms with Gasteiger partial charge in [0.25, 0.3) is 0 Å². The molecule has 0 aromatic rings. The largest absolute Gasteiger partial charge is 0.465 e. The monoisotopic (exact) mass is 544 g/mol. The smallest absolute Gasteiger partial charge is 0.306 e. The number of hydrogen-bond donors (Lipinski definition) is 0. The molecule has 0 radical (unpaired) electrons. The molecule has 0 N–H and O–H groups in total. The van der Waals surface area contributed by atoms with Crippen molar-refractivity contribution < 1.29 is 38.1 Å². The fourth-order valence-corrected chi connectivity index (χ4v) is 3.09. The van der Waals surface area contributed by atoms with E-state index in [1.807, 2.05) is 55.4 Å². The van der Waals surface area contributed by atoms with E-state index in [1.165, 1.54) is 0 Å². The fraction of sp³-hybridized carbons (Fsp3) is 0.867. The predicted octanol–water partition coefficient (Wildman–Crippen LogP) is 6.96. The first-order valence-electron chi connectivity index (χ1n) is 14.5. The maximum absolute atomic E-state index is 11.3. The summed E-state index contributed by atoms with van der Waals surface area (Å²) in [5.41, 5.74) is 0. The first-order valence-corrected chi connectivity index (χ1v) is 14.5. The molecule has 0 spiro atoms.